The summed E-state index contributed by atoms with van der Waals surface area (Å²) < 4.78 is 31.9. The molecule has 8 nitrogen and oxygen atoms in total. The van der Waals surface area contributed by atoms with Gasteiger partial charge >= 0.3 is 0 Å². The van der Waals surface area contributed by atoms with Crippen LogP contribution in [0.2, 0.25) is 0 Å². The minimum Gasteiger partial charge on any atom is -0.477 e. The average Bonchev–Trinajstić information content (AvgIpc) is 2.87. The molecule has 1 aliphatic rings. The molecule has 1 unspecified atom stereocenters. The van der Waals surface area contributed by atoms with E-state index in [9.17, 15) is 18.0 Å². The van der Waals surface area contributed by atoms with E-state index < -0.39 is 16.1 Å². The van der Waals surface area contributed by atoms with E-state index in [0.29, 0.717) is 29.2 Å². The van der Waals surface area contributed by atoms with Crippen molar-refractivity contribution in [3.8, 4) is 5.75 Å². The number of rotatable bonds is 7. The van der Waals surface area contributed by atoms with Gasteiger partial charge in [0.05, 0.1) is 18.0 Å². The van der Waals surface area contributed by atoms with Crippen LogP contribution in [0.4, 0.5) is 11.4 Å². The average molecular weight is 480 g/mol. The Morgan fingerprint density at radius 2 is 1.65 bits per heavy atom. The topological polar surface area (TPSA) is 105 Å². The molecule has 34 heavy (non-hydrogen) atoms. The molecule has 0 saturated heterocycles. The highest BCUT2D eigenvalue weighted by Gasteiger charge is 2.34. The standard InChI is InChI=1S/C25H25N3O5S/c1-2-34(31,32)27-20-14-12-19(13-15-20)25(30)28-17-23(33-22-11-7-6-10-21(22)28)24(29)26-16-18-8-4-3-5-9-18/h3-15,23,27H,2,16-17H2,1H3,(H,26,29). The monoisotopic (exact) mass is 479 g/mol. The Balaban J connectivity index is 1.52. The van der Waals surface area contributed by atoms with E-state index in [1.807, 2.05) is 30.3 Å². The lowest BCUT2D eigenvalue weighted by Gasteiger charge is -2.34. The van der Waals surface area contributed by atoms with Crippen molar-refractivity contribution in [2.75, 3.05) is 21.9 Å². The van der Waals surface area contributed by atoms with E-state index in [1.165, 1.54) is 17.0 Å². The van der Waals surface area contributed by atoms with Crippen molar-refractivity contribution in [1.82, 2.24) is 5.32 Å². The predicted octanol–water partition coefficient (Wildman–Crippen LogP) is 3.17. The van der Waals surface area contributed by atoms with Crippen LogP contribution in [0.15, 0.2) is 78.9 Å². The first-order valence-corrected chi connectivity index (χ1v) is 12.5. The molecule has 0 saturated carbocycles. The van der Waals surface area contributed by atoms with Gasteiger partial charge in [-0.05, 0) is 48.9 Å². The van der Waals surface area contributed by atoms with Gasteiger partial charge in [-0.1, -0.05) is 42.5 Å². The third-order valence-electron chi connectivity index (χ3n) is 5.41. The van der Waals surface area contributed by atoms with Crippen LogP contribution in [0.5, 0.6) is 5.75 Å². The molecule has 9 heteroatoms. The van der Waals surface area contributed by atoms with E-state index in [4.69, 9.17) is 4.74 Å². The van der Waals surface area contributed by atoms with Gasteiger partial charge in [-0.15, -0.1) is 0 Å². The van der Waals surface area contributed by atoms with Crippen LogP contribution in [0.1, 0.15) is 22.8 Å². The van der Waals surface area contributed by atoms with Crippen LogP contribution >= 0.6 is 0 Å². The van der Waals surface area contributed by atoms with Gasteiger partial charge in [0.1, 0.15) is 5.75 Å². The van der Waals surface area contributed by atoms with Gasteiger partial charge in [-0.3, -0.25) is 14.3 Å². The molecule has 1 atom stereocenters. The number of nitrogens with one attached hydrogen (secondary N) is 2. The molecule has 0 aromatic heterocycles. The summed E-state index contributed by atoms with van der Waals surface area (Å²) in [5.74, 6) is -0.248. The van der Waals surface area contributed by atoms with E-state index in [1.54, 1.807) is 43.3 Å². The summed E-state index contributed by atoms with van der Waals surface area (Å²) >= 11 is 0. The van der Waals surface area contributed by atoms with Crippen LogP contribution in [-0.4, -0.2) is 38.6 Å². The summed E-state index contributed by atoms with van der Waals surface area (Å²) in [4.78, 5) is 27.7. The number of benzene rings is 3. The number of para-hydroxylation sites is 2. The molecule has 4 rings (SSSR count). The molecule has 2 N–H and O–H groups in total. The molecule has 0 bridgehead atoms. The maximum absolute atomic E-state index is 13.4. The van der Waals surface area contributed by atoms with E-state index >= 15 is 0 Å². The first-order valence-electron chi connectivity index (χ1n) is 10.9. The molecule has 176 valence electrons. The number of ether oxygens (including phenoxy) is 1. The Hall–Kier alpha value is -3.85. The minimum atomic E-state index is -3.41. The third-order valence-corrected chi connectivity index (χ3v) is 6.71. The second kappa shape index (κ2) is 9.96. The first kappa shape index (κ1) is 23.3. The van der Waals surface area contributed by atoms with Gasteiger partial charge in [-0.2, -0.15) is 0 Å². The smallest absolute Gasteiger partial charge is 0.263 e. The molecule has 1 aliphatic heterocycles. The molecule has 0 fully saturated rings. The van der Waals surface area contributed by atoms with Crippen molar-refractivity contribution in [2.24, 2.45) is 0 Å². The zero-order chi connectivity index (χ0) is 24.1. The summed E-state index contributed by atoms with van der Waals surface area (Å²) in [7, 11) is -3.41. The fourth-order valence-corrected chi connectivity index (χ4v) is 4.19. The summed E-state index contributed by atoms with van der Waals surface area (Å²) in [6.45, 7) is 1.94. The molecule has 2 amide bonds. The van der Waals surface area contributed by atoms with Crippen molar-refractivity contribution >= 4 is 33.2 Å². The van der Waals surface area contributed by atoms with Gasteiger partial charge in [0, 0.05) is 17.8 Å². The fourth-order valence-electron chi connectivity index (χ4n) is 3.55. The number of sulfonamides is 1. The fraction of sp³-hybridized carbons (Fsp3) is 0.200. The Morgan fingerprint density at radius 1 is 0.971 bits per heavy atom. The Bertz CT molecular complexity index is 1280. The van der Waals surface area contributed by atoms with Crippen molar-refractivity contribution < 1.29 is 22.7 Å². The van der Waals surface area contributed by atoms with Gasteiger partial charge in [0.25, 0.3) is 11.8 Å². The second-order valence-electron chi connectivity index (χ2n) is 7.78. The molecule has 3 aromatic rings. The normalized spacial score (nSPS) is 15.1. The molecule has 1 heterocycles. The number of nitrogens with zero attached hydrogens (tertiary/aromatic N) is 1. The lowest BCUT2D eigenvalue weighted by molar-refractivity contribution is -0.127. The van der Waals surface area contributed by atoms with Crippen LogP contribution in [0.3, 0.4) is 0 Å². The van der Waals surface area contributed by atoms with Gasteiger partial charge in [0.2, 0.25) is 10.0 Å². The van der Waals surface area contributed by atoms with E-state index in [-0.39, 0.29) is 24.1 Å². The Labute approximate surface area is 198 Å². The Kier molecular flexibility index (Phi) is 6.83. The molecule has 0 spiro atoms. The third kappa shape index (κ3) is 5.37. The van der Waals surface area contributed by atoms with Crippen LogP contribution in [-0.2, 0) is 21.4 Å². The van der Waals surface area contributed by atoms with E-state index in [2.05, 4.69) is 10.0 Å². The SMILES string of the molecule is CCS(=O)(=O)Nc1ccc(C(=O)N2CC(C(=O)NCc3ccccc3)Oc3ccccc32)cc1. The maximum Gasteiger partial charge on any atom is 0.263 e. The maximum atomic E-state index is 13.4. The lowest BCUT2D eigenvalue weighted by Crippen LogP contribution is -2.50. The zero-order valence-corrected chi connectivity index (χ0v) is 19.4. The number of carbonyl (C=O) groups excluding carboxylic acids is 2. The summed E-state index contributed by atoms with van der Waals surface area (Å²) in [5.41, 5.74) is 2.26. The molecule has 3 aromatic carbocycles. The minimum absolute atomic E-state index is 0.0423. The summed E-state index contributed by atoms with van der Waals surface area (Å²) in [6.07, 6.45) is -0.877. The number of amides is 2. The number of hydrogen-bond acceptors (Lipinski definition) is 5. The van der Waals surface area contributed by atoms with Crippen LogP contribution < -0.4 is 19.7 Å². The Morgan fingerprint density at radius 3 is 2.35 bits per heavy atom. The number of carbonyl (C=O) groups is 2. The number of fused-ring (bicyclic) bond motifs is 1. The van der Waals surface area contributed by atoms with Crippen molar-refractivity contribution in [3.63, 3.8) is 0 Å². The molecular weight excluding hydrogens is 454 g/mol. The van der Waals surface area contributed by atoms with Gasteiger partial charge < -0.3 is 15.0 Å². The van der Waals surface area contributed by atoms with E-state index in [0.717, 1.165) is 5.56 Å². The van der Waals surface area contributed by atoms with Crippen LogP contribution in [0, 0.1) is 0 Å². The number of hydrogen-bond donors (Lipinski definition) is 2. The zero-order valence-electron chi connectivity index (χ0n) is 18.6. The van der Waals surface area contributed by atoms with Gasteiger partial charge in [-0.25, -0.2) is 8.42 Å². The quantitative estimate of drug-likeness (QED) is 0.542. The van der Waals surface area contributed by atoms with Crippen molar-refractivity contribution in [1.29, 1.82) is 0 Å². The van der Waals surface area contributed by atoms with Gasteiger partial charge in [0.15, 0.2) is 6.10 Å². The summed E-state index contributed by atoms with van der Waals surface area (Å²) in [6, 6.07) is 22.8. The molecular formula is C25H25N3O5S. The van der Waals surface area contributed by atoms with Crippen LogP contribution in [0.25, 0.3) is 0 Å². The highest BCUT2D eigenvalue weighted by atomic mass is 32.2. The largest absolute Gasteiger partial charge is 0.477 e. The lowest BCUT2D eigenvalue weighted by atomic mass is 10.1. The number of anilines is 2. The molecule has 0 aliphatic carbocycles. The molecule has 0 radical (unpaired) electrons. The second-order valence-corrected chi connectivity index (χ2v) is 9.79. The predicted molar refractivity (Wildman–Crippen MR) is 130 cm³/mol. The first-order chi connectivity index (χ1) is 16.4. The van der Waals surface area contributed by atoms with Crippen molar-refractivity contribution in [2.45, 2.75) is 19.6 Å². The summed E-state index contributed by atoms with van der Waals surface area (Å²) in [5, 5.41) is 2.87. The van der Waals surface area contributed by atoms with Crippen molar-refractivity contribution in [3.05, 3.63) is 90.0 Å². The highest BCUT2D eigenvalue weighted by molar-refractivity contribution is 7.92. The highest BCUT2D eigenvalue weighted by Crippen LogP contribution is 2.34.